The lowest BCUT2D eigenvalue weighted by molar-refractivity contribution is 0.299. The third kappa shape index (κ3) is 3.78. The fourth-order valence-corrected chi connectivity index (χ4v) is 4.62. The summed E-state index contributed by atoms with van der Waals surface area (Å²) in [4.78, 5) is 6.95. The van der Waals surface area contributed by atoms with E-state index in [4.69, 9.17) is 0 Å². The van der Waals surface area contributed by atoms with Gasteiger partial charge in [0.1, 0.15) is 5.82 Å². The van der Waals surface area contributed by atoms with Gasteiger partial charge in [0.2, 0.25) is 0 Å². The lowest BCUT2D eigenvalue weighted by Crippen LogP contribution is -2.24. The second kappa shape index (κ2) is 7.96. The molecule has 0 radical (unpaired) electrons. The zero-order valence-corrected chi connectivity index (χ0v) is 18.3. The summed E-state index contributed by atoms with van der Waals surface area (Å²) in [5, 5.41) is 14.1. The van der Waals surface area contributed by atoms with Crippen LogP contribution in [0.2, 0.25) is 0 Å². The van der Waals surface area contributed by atoms with Crippen LogP contribution in [0.4, 0.5) is 4.39 Å². The Morgan fingerprint density at radius 1 is 1.06 bits per heavy atom. The summed E-state index contributed by atoms with van der Waals surface area (Å²) >= 11 is 0. The minimum atomic E-state index is -0.284. The van der Waals surface area contributed by atoms with E-state index in [2.05, 4.69) is 32.1 Å². The van der Waals surface area contributed by atoms with Gasteiger partial charge in [-0.2, -0.15) is 15.3 Å². The first-order valence-electron chi connectivity index (χ1n) is 11.0. The van der Waals surface area contributed by atoms with E-state index >= 15 is 4.39 Å². The third-order valence-electron chi connectivity index (χ3n) is 6.38. The van der Waals surface area contributed by atoms with Crippen molar-refractivity contribution in [2.24, 2.45) is 0 Å². The summed E-state index contributed by atoms with van der Waals surface area (Å²) in [6.45, 7) is 9.38. The molecule has 1 atom stereocenters. The summed E-state index contributed by atoms with van der Waals surface area (Å²) in [6, 6.07) is 7.26. The summed E-state index contributed by atoms with van der Waals surface area (Å²) in [6.07, 6.45) is 5.13. The number of fused-ring (bicyclic) bond motifs is 2. The van der Waals surface area contributed by atoms with Crippen LogP contribution < -0.4 is 0 Å². The van der Waals surface area contributed by atoms with Crippen molar-refractivity contribution in [3.63, 3.8) is 0 Å². The molecular formula is C24H27FN6. The van der Waals surface area contributed by atoms with Crippen molar-refractivity contribution in [1.82, 2.24) is 29.7 Å². The van der Waals surface area contributed by atoms with E-state index in [1.54, 1.807) is 10.6 Å². The average molecular weight is 419 g/mol. The standard InChI is InChI=1S/C24H27FN6/c1-4-30-8-5-6-17(7-9-30)21-13-19-20(25)11-18(12-23(19)28-27-21)22-10-15(2)24-26-16(3)14-31(24)29-22/h10-14,17H,4-9H2,1-3H3. The lowest BCUT2D eigenvalue weighted by Gasteiger charge is -2.17. The molecule has 0 amide bonds. The molecule has 4 aromatic rings. The molecule has 0 aliphatic carbocycles. The second-order valence-corrected chi connectivity index (χ2v) is 8.59. The van der Waals surface area contributed by atoms with Crippen LogP contribution in [0.25, 0.3) is 27.8 Å². The molecule has 6 nitrogen and oxygen atoms in total. The monoisotopic (exact) mass is 418 g/mol. The number of likely N-dealkylation sites (tertiary alicyclic amines) is 1. The van der Waals surface area contributed by atoms with Crippen molar-refractivity contribution in [3.05, 3.63) is 53.2 Å². The molecule has 1 unspecified atom stereocenters. The third-order valence-corrected chi connectivity index (χ3v) is 6.38. The minimum absolute atomic E-state index is 0.284. The summed E-state index contributed by atoms with van der Waals surface area (Å²) in [5.74, 6) is 0.0533. The van der Waals surface area contributed by atoms with Gasteiger partial charge in [0.05, 0.1) is 28.8 Å². The van der Waals surface area contributed by atoms with Gasteiger partial charge >= 0.3 is 0 Å². The molecule has 160 valence electrons. The van der Waals surface area contributed by atoms with Gasteiger partial charge in [0.15, 0.2) is 5.65 Å². The summed E-state index contributed by atoms with van der Waals surface area (Å²) < 4.78 is 16.9. The van der Waals surface area contributed by atoms with Gasteiger partial charge < -0.3 is 4.90 Å². The van der Waals surface area contributed by atoms with Gasteiger partial charge in [0, 0.05) is 16.9 Å². The molecule has 1 saturated heterocycles. The van der Waals surface area contributed by atoms with Crippen LogP contribution in [0, 0.1) is 19.7 Å². The molecule has 31 heavy (non-hydrogen) atoms. The van der Waals surface area contributed by atoms with Gasteiger partial charge in [-0.25, -0.2) is 13.9 Å². The average Bonchev–Trinajstić information content (AvgIpc) is 2.99. The van der Waals surface area contributed by atoms with Gasteiger partial charge in [-0.15, -0.1) is 0 Å². The van der Waals surface area contributed by atoms with Crippen LogP contribution in [-0.4, -0.2) is 49.3 Å². The van der Waals surface area contributed by atoms with E-state index in [1.807, 2.05) is 38.2 Å². The fourth-order valence-electron chi connectivity index (χ4n) is 4.62. The number of rotatable bonds is 3. The number of aryl methyl sites for hydroxylation is 2. The Morgan fingerprint density at radius 3 is 2.77 bits per heavy atom. The topological polar surface area (TPSA) is 59.2 Å². The highest BCUT2D eigenvalue weighted by Gasteiger charge is 2.20. The van der Waals surface area contributed by atoms with Crippen molar-refractivity contribution in [1.29, 1.82) is 0 Å². The highest BCUT2D eigenvalue weighted by Crippen LogP contribution is 2.31. The highest BCUT2D eigenvalue weighted by atomic mass is 19.1. The van der Waals surface area contributed by atoms with Crippen LogP contribution in [0.3, 0.4) is 0 Å². The minimum Gasteiger partial charge on any atom is -0.304 e. The number of nitrogens with zero attached hydrogens (tertiary/aromatic N) is 6. The van der Waals surface area contributed by atoms with Crippen molar-refractivity contribution >= 4 is 16.6 Å². The van der Waals surface area contributed by atoms with Crippen molar-refractivity contribution in [2.75, 3.05) is 19.6 Å². The summed E-state index contributed by atoms with van der Waals surface area (Å²) in [7, 11) is 0. The zero-order valence-electron chi connectivity index (χ0n) is 18.3. The van der Waals surface area contributed by atoms with E-state index in [-0.39, 0.29) is 5.82 Å². The highest BCUT2D eigenvalue weighted by molar-refractivity contribution is 5.84. The van der Waals surface area contributed by atoms with Crippen LogP contribution in [0.15, 0.2) is 30.5 Å². The largest absolute Gasteiger partial charge is 0.304 e. The van der Waals surface area contributed by atoms with Crippen LogP contribution in [0.1, 0.15) is 49.1 Å². The molecule has 3 aromatic heterocycles. The van der Waals surface area contributed by atoms with E-state index in [0.717, 1.165) is 61.5 Å². The fraction of sp³-hybridized carbons (Fsp3) is 0.417. The van der Waals surface area contributed by atoms with E-state index < -0.39 is 0 Å². The van der Waals surface area contributed by atoms with Gasteiger partial charge in [-0.1, -0.05) is 6.92 Å². The first kappa shape index (κ1) is 20.0. The molecule has 1 aliphatic heterocycles. The Hall–Kier alpha value is -2.93. The van der Waals surface area contributed by atoms with Gasteiger partial charge in [-0.3, -0.25) is 0 Å². The molecule has 5 rings (SSSR count). The Labute approximate surface area is 181 Å². The summed E-state index contributed by atoms with van der Waals surface area (Å²) in [5.41, 5.74) is 5.56. The van der Waals surface area contributed by atoms with Crippen molar-refractivity contribution in [2.45, 2.75) is 46.0 Å². The molecule has 1 fully saturated rings. The molecule has 0 saturated carbocycles. The second-order valence-electron chi connectivity index (χ2n) is 8.59. The molecule has 0 bridgehead atoms. The van der Waals surface area contributed by atoms with Crippen LogP contribution in [-0.2, 0) is 0 Å². The number of aromatic nitrogens is 5. The van der Waals surface area contributed by atoms with E-state index in [9.17, 15) is 0 Å². The lowest BCUT2D eigenvalue weighted by atomic mass is 9.95. The quantitative estimate of drug-likeness (QED) is 0.483. The number of hydrogen-bond donors (Lipinski definition) is 0. The number of hydrogen-bond acceptors (Lipinski definition) is 5. The van der Waals surface area contributed by atoms with Gasteiger partial charge in [0.25, 0.3) is 0 Å². The smallest absolute Gasteiger partial charge is 0.156 e. The van der Waals surface area contributed by atoms with Crippen molar-refractivity contribution in [3.8, 4) is 11.3 Å². The molecule has 4 heterocycles. The first-order chi connectivity index (χ1) is 15.0. The number of imidazole rings is 1. The number of halogens is 1. The predicted molar refractivity (Wildman–Crippen MR) is 120 cm³/mol. The Kier molecular flexibility index (Phi) is 5.14. The van der Waals surface area contributed by atoms with Crippen LogP contribution >= 0.6 is 0 Å². The molecule has 1 aliphatic rings. The molecule has 1 aromatic carbocycles. The molecule has 0 N–H and O–H groups in total. The van der Waals surface area contributed by atoms with Crippen LogP contribution in [0.5, 0.6) is 0 Å². The predicted octanol–water partition coefficient (Wildman–Crippen LogP) is 4.68. The molecular weight excluding hydrogens is 391 g/mol. The number of benzene rings is 1. The maximum atomic E-state index is 15.2. The van der Waals surface area contributed by atoms with E-state index in [1.165, 1.54) is 0 Å². The first-order valence-corrected chi connectivity index (χ1v) is 11.0. The normalized spacial score (nSPS) is 18.0. The molecule has 7 heteroatoms. The van der Waals surface area contributed by atoms with E-state index in [0.29, 0.717) is 28.1 Å². The Bertz CT molecular complexity index is 1260. The Morgan fingerprint density at radius 2 is 1.94 bits per heavy atom. The van der Waals surface area contributed by atoms with Crippen molar-refractivity contribution < 1.29 is 4.39 Å². The SMILES string of the molecule is CCN1CCCC(c2cc3c(F)cc(-c4cc(C)c5nc(C)cn5n4)cc3nn2)CC1. The zero-order chi connectivity index (χ0) is 21.5. The maximum Gasteiger partial charge on any atom is 0.156 e. The maximum absolute atomic E-state index is 15.2. The Balaban J connectivity index is 1.51. The molecule has 0 spiro atoms. The van der Waals surface area contributed by atoms with Gasteiger partial charge in [-0.05, 0) is 82.6 Å².